The van der Waals surface area contributed by atoms with Gasteiger partial charge in [0.1, 0.15) is 17.6 Å². The lowest BCUT2D eigenvalue weighted by Crippen LogP contribution is -2.49. The number of allylic oxidation sites excluding steroid dienone is 4. The highest BCUT2D eigenvalue weighted by atomic mass is 16.5. The van der Waals surface area contributed by atoms with Crippen molar-refractivity contribution in [3.05, 3.63) is 22.7 Å². The highest BCUT2D eigenvalue weighted by Gasteiger charge is 2.59. The van der Waals surface area contributed by atoms with Gasteiger partial charge in [0.05, 0.1) is 0 Å². The first-order chi connectivity index (χ1) is 15.5. The molecule has 0 saturated heterocycles. The van der Waals surface area contributed by atoms with Gasteiger partial charge in [0.25, 0.3) is 0 Å². The van der Waals surface area contributed by atoms with Crippen molar-refractivity contribution in [3.8, 4) is 0 Å². The number of rotatable bonds is 3. The zero-order valence-corrected chi connectivity index (χ0v) is 20.9. The van der Waals surface area contributed by atoms with Crippen LogP contribution < -0.4 is 0 Å². The smallest absolute Gasteiger partial charge is 0.307 e. The number of ether oxygens (including phenoxy) is 3. The Labute approximate surface area is 197 Å². The van der Waals surface area contributed by atoms with E-state index in [1.54, 1.807) is 0 Å². The van der Waals surface area contributed by atoms with E-state index >= 15 is 0 Å². The van der Waals surface area contributed by atoms with Crippen LogP contribution in [-0.2, 0) is 28.6 Å². The molecule has 182 valence electrons. The van der Waals surface area contributed by atoms with Crippen LogP contribution in [0.2, 0.25) is 0 Å². The fourth-order valence-corrected chi connectivity index (χ4v) is 7.93. The lowest BCUT2D eigenvalue weighted by molar-refractivity contribution is -0.151. The molecule has 0 unspecified atom stereocenters. The molecule has 4 rings (SSSR count). The molecule has 0 aliphatic heterocycles. The Morgan fingerprint density at radius 2 is 1.61 bits per heavy atom. The summed E-state index contributed by atoms with van der Waals surface area (Å²) >= 11 is 0. The molecule has 0 spiro atoms. The zero-order chi connectivity index (χ0) is 24.1. The molecule has 0 aromatic heterocycles. The topological polar surface area (TPSA) is 78.9 Å². The maximum atomic E-state index is 12.2. The van der Waals surface area contributed by atoms with E-state index in [-0.39, 0.29) is 34.8 Å². The zero-order valence-electron chi connectivity index (χ0n) is 20.9. The third kappa shape index (κ3) is 4.15. The maximum absolute atomic E-state index is 12.2. The number of carbonyl (C=O) groups is 3. The van der Waals surface area contributed by atoms with Crippen molar-refractivity contribution in [2.24, 2.45) is 28.6 Å². The van der Waals surface area contributed by atoms with Crippen LogP contribution in [0.3, 0.4) is 0 Å². The van der Waals surface area contributed by atoms with Crippen molar-refractivity contribution in [2.75, 3.05) is 0 Å². The Hall–Kier alpha value is -2.11. The molecule has 0 aromatic carbocycles. The van der Waals surface area contributed by atoms with E-state index in [1.807, 2.05) is 6.92 Å². The van der Waals surface area contributed by atoms with Crippen LogP contribution >= 0.6 is 0 Å². The summed E-state index contributed by atoms with van der Waals surface area (Å²) in [7, 11) is 0. The number of fused-ring (bicyclic) bond motifs is 5. The SMILES string of the molecule is CC(=O)OC1=C2[C@H](CC[C@@H]3C[C@H](OC(C)=O)CC[C@]23C)[C@@H]2CC/C(=C(/C)OC(C)=O)[C@@]2(C)C1. The van der Waals surface area contributed by atoms with Crippen molar-refractivity contribution in [1.82, 2.24) is 0 Å². The lowest BCUT2D eigenvalue weighted by atomic mass is 9.48. The van der Waals surface area contributed by atoms with Crippen LogP contribution in [-0.4, -0.2) is 24.0 Å². The summed E-state index contributed by atoms with van der Waals surface area (Å²) in [5, 5.41) is 0. The standard InChI is InChI=1S/C27H38O6/c1-15(31-16(2)28)22-9-10-23-21-8-7-19-13-20(32-17(3)29)11-12-26(19,5)25(21)24(33-18(4)30)14-27(22,23)6/h19-21,23H,7-14H2,1-6H3/b22-15+/t19-,20-,21-,23+,26+,27-/m1/s1. The van der Waals surface area contributed by atoms with Crippen LogP contribution in [0.25, 0.3) is 0 Å². The number of hydrogen-bond acceptors (Lipinski definition) is 6. The summed E-state index contributed by atoms with van der Waals surface area (Å²) in [6.45, 7) is 10.9. The molecule has 0 heterocycles. The predicted octanol–water partition coefficient (Wildman–Crippen LogP) is 5.61. The van der Waals surface area contributed by atoms with Gasteiger partial charge in [0.2, 0.25) is 0 Å². The molecule has 0 amide bonds. The Kier molecular flexibility index (Phi) is 6.25. The van der Waals surface area contributed by atoms with Gasteiger partial charge in [-0.15, -0.1) is 0 Å². The minimum Gasteiger partial charge on any atom is -0.463 e. The normalized spacial score (nSPS) is 39.1. The Morgan fingerprint density at radius 3 is 2.24 bits per heavy atom. The third-order valence-electron chi connectivity index (χ3n) is 9.09. The van der Waals surface area contributed by atoms with Crippen molar-refractivity contribution in [2.45, 2.75) is 99.0 Å². The first-order valence-electron chi connectivity index (χ1n) is 12.4. The van der Waals surface area contributed by atoms with Gasteiger partial charge in [-0.05, 0) is 86.2 Å². The molecule has 0 radical (unpaired) electrons. The predicted molar refractivity (Wildman–Crippen MR) is 122 cm³/mol. The molecule has 33 heavy (non-hydrogen) atoms. The average molecular weight is 459 g/mol. The van der Waals surface area contributed by atoms with E-state index in [2.05, 4.69) is 13.8 Å². The molecular weight excluding hydrogens is 420 g/mol. The van der Waals surface area contributed by atoms with Gasteiger partial charge in [-0.2, -0.15) is 0 Å². The van der Waals surface area contributed by atoms with E-state index in [9.17, 15) is 14.4 Å². The van der Waals surface area contributed by atoms with Gasteiger partial charge >= 0.3 is 17.9 Å². The molecule has 6 heteroatoms. The maximum Gasteiger partial charge on any atom is 0.307 e. The molecule has 0 N–H and O–H groups in total. The summed E-state index contributed by atoms with van der Waals surface area (Å²) in [6.07, 6.45) is 7.40. The van der Waals surface area contributed by atoms with Crippen LogP contribution in [0.4, 0.5) is 0 Å². The van der Waals surface area contributed by atoms with E-state index in [0.29, 0.717) is 29.9 Å². The first-order valence-corrected chi connectivity index (χ1v) is 12.4. The molecule has 4 aliphatic carbocycles. The summed E-state index contributed by atoms with van der Waals surface area (Å²) in [5.41, 5.74) is 2.29. The van der Waals surface area contributed by atoms with Gasteiger partial charge in [-0.3, -0.25) is 14.4 Å². The Balaban J connectivity index is 1.75. The van der Waals surface area contributed by atoms with E-state index in [1.165, 1.54) is 31.9 Å². The molecular formula is C27H38O6. The summed E-state index contributed by atoms with van der Waals surface area (Å²) in [6, 6.07) is 0. The second kappa shape index (κ2) is 8.59. The van der Waals surface area contributed by atoms with Gasteiger partial charge in [0, 0.05) is 32.6 Å². The lowest BCUT2D eigenvalue weighted by Gasteiger charge is -2.57. The fourth-order valence-electron chi connectivity index (χ4n) is 7.93. The Morgan fingerprint density at radius 1 is 0.879 bits per heavy atom. The van der Waals surface area contributed by atoms with Crippen LogP contribution in [0.1, 0.15) is 92.9 Å². The van der Waals surface area contributed by atoms with E-state index in [0.717, 1.165) is 50.7 Å². The van der Waals surface area contributed by atoms with Gasteiger partial charge < -0.3 is 14.2 Å². The molecule has 3 saturated carbocycles. The first kappa shape index (κ1) is 24.0. The summed E-state index contributed by atoms with van der Waals surface area (Å²) in [4.78, 5) is 35.4. The van der Waals surface area contributed by atoms with Crippen molar-refractivity contribution in [1.29, 1.82) is 0 Å². The molecule has 0 bridgehead atoms. The minimum absolute atomic E-state index is 0.0175. The second-order valence-corrected chi connectivity index (χ2v) is 11.1. The molecule has 3 fully saturated rings. The van der Waals surface area contributed by atoms with E-state index in [4.69, 9.17) is 14.2 Å². The number of esters is 3. The van der Waals surface area contributed by atoms with Gasteiger partial charge in [-0.25, -0.2) is 0 Å². The number of carbonyl (C=O) groups excluding carboxylic acids is 3. The Bertz CT molecular complexity index is 929. The highest BCUT2D eigenvalue weighted by molar-refractivity contribution is 5.68. The third-order valence-corrected chi connectivity index (χ3v) is 9.09. The highest BCUT2D eigenvalue weighted by Crippen LogP contribution is 2.67. The fraction of sp³-hybridized carbons (Fsp3) is 0.741. The van der Waals surface area contributed by atoms with E-state index < -0.39 is 0 Å². The molecule has 6 atom stereocenters. The summed E-state index contributed by atoms with van der Waals surface area (Å²) < 4.78 is 17.1. The quantitative estimate of drug-likeness (QED) is 0.311. The van der Waals surface area contributed by atoms with Crippen LogP contribution in [0.5, 0.6) is 0 Å². The number of hydrogen-bond donors (Lipinski definition) is 0. The van der Waals surface area contributed by atoms with Crippen molar-refractivity contribution in [3.63, 3.8) is 0 Å². The molecule has 0 aromatic rings. The molecule has 6 nitrogen and oxygen atoms in total. The van der Waals surface area contributed by atoms with Gasteiger partial charge in [0.15, 0.2) is 0 Å². The minimum atomic E-state index is -0.295. The summed E-state index contributed by atoms with van der Waals surface area (Å²) in [5.74, 6) is 1.97. The average Bonchev–Trinajstić information content (AvgIpc) is 3.03. The monoisotopic (exact) mass is 458 g/mol. The van der Waals surface area contributed by atoms with Crippen LogP contribution in [0, 0.1) is 28.6 Å². The van der Waals surface area contributed by atoms with Crippen LogP contribution in [0.15, 0.2) is 22.7 Å². The molecule has 4 aliphatic rings. The second-order valence-electron chi connectivity index (χ2n) is 11.1. The van der Waals surface area contributed by atoms with Gasteiger partial charge in [-0.1, -0.05) is 13.8 Å². The van der Waals surface area contributed by atoms with Crippen molar-refractivity contribution >= 4 is 17.9 Å². The van der Waals surface area contributed by atoms with Crippen molar-refractivity contribution < 1.29 is 28.6 Å². The largest absolute Gasteiger partial charge is 0.463 e.